The van der Waals surface area contributed by atoms with Gasteiger partial charge in [0.05, 0.1) is 19.6 Å². The molecule has 0 amide bonds. The molecule has 2 aromatic rings. The Morgan fingerprint density at radius 1 is 1.33 bits per heavy atom. The van der Waals surface area contributed by atoms with Crippen molar-refractivity contribution in [3.63, 3.8) is 0 Å². The fourth-order valence-corrected chi connectivity index (χ4v) is 1.69. The predicted molar refractivity (Wildman–Crippen MR) is 68.4 cm³/mol. The van der Waals surface area contributed by atoms with Crippen LogP contribution in [0.4, 0.5) is 0 Å². The largest absolute Gasteiger partial charge is 0.497 e. The van der Waals surface area contributed by atoms with E-state index in [-0.39, 0.29) is 12.0 Å². The van der Waals surface area contributed by atoms with Gasteiger partial charge in [0.15, 0.2) is 0 Å². The summed E-state index contributed by atoms with van der Waals surface area (Å²) in [5.41, 5.74) is 1.83. The molecule has 90 valence electrons. The first kappa shape index (κ1) is 11.9. The smallest absolute Gasteiger partial charge is 0.252 e. The highest BCUT2D eigenvalue weighted by molar-refractivity contribution is 5.61. The highest BCUT2D eigenvalue weighted by Gasteiger charge is 2.03. The topological polar surface area (TPSA) is 65.9 Å². The van der Waals surface area contributed by atoms with Gasteiger partial charge in [-0.3, -0.25) is 4.79 Å². The van der Waals surface area contributed by atoms with E-state index in [9.17, 15) is 4.79 Å². The molecule has 0 atom stereocenters. The first-order valence-corrected chi connectivity index (χ1v) is 5.48. The molecule has 1 N–H and O–H groups in total. The molecule has 2 rings (SSSR count). The Morgan fingerprint density at radius 2 is 2.17 bits per heavy atom. The third-order valence-electron chi connectivity index (χ3n) is 2.64. The van der Waals surface area contributed by atoms with E-state index in [2.05, 4.69) is 4.98 Å². The standard InChI is InChI=1S/C14H12N2O2/c1-18-12-4-2-3-11(9-12)13-6-5-10(7-8-15)14(17)16-13/h2-6,9H,7H2,1H3,(H,16,17). The fourth-order valence-electron chi connectivity index (χ4n) is 1.69. The lowest BCUT2D eigenvalue weighted by atomic mass is 10.1. The second kappa shape index (κ2) is 5.19. The number of nitriles is 1. The van der Waals surface area contributed by atoms with Crippen molar-refractivity contribution in [2.45, 2.75) is 6.42 Å². The molecule has 18 heavy (non-hydrogen) atoms. The van der Waals surface area contributed by atoms with E-state index in [1.165, 1.54) is 0 Å². The molecule has 0 aliphatic rings. The van der Waals surface area contributed by atoms with Gasteiger partial charge in [0.1, 0.15) is 5.75 Å². The maximum atomic E-state index is 11.7. The Bertz CT molecular complexity index is 653. The van der Waals surface area contributed by atoms with Crippen molar-refractivity contribution >= 4 is 0 Å². The molecule has 0 unspecified atom stereocenters. The van der Waals surface area contributed by atoms with Gasteiger partial charge in [-0.1, -0.05) is 18.2 Å². The van der Waals surface area contributed by atoms with Gasteiger partial charge in [0.25, 0.3) is 5.56 Å². The van der Waals surface area contributed by atoms with Crippen molar-refractivity contribution in [1.29, 1.82) is 5.26 Å². The van der Waals surface area contributed by atoms with Gasteiger partial charge in [-0.15, -0.1) is 0 Å². The molecule has 0 saturated heterocycles. The number of H-pyrrole nitrogens is 1. The molecule has 1 aromatic heterocycles. The summed E-state index contributed by atoms with van der Waals surface area (Å²) in [6, 6.07) is 12.9. The van der Waals surface area contributed by atoms with Crippen molar-refractivity contribution in [2.24, 2.45) is 0 Å². The maximum absolute atomic E-state index is 11.7. The lowest BCUT2D eigenvalue weighted by Crippen LogP contribution is -2.12. The molecule has 0 bridgehead atoms. The van der Waals surface area contributed by atoms with Crippen molar-refractivity contribution in [3.05, 3.63) is 52.3 Å². The van der Waals surface area contributed by atoms with E-state index in [1.54, 1.807) is 19.2 Å². The van der Waals surface area contributed by atoms with Gasteiger partial charge in [-0.2, -0.15) is 5.26 Å². The van der Waals surface area contributed by atoms with E-state index in [4.69, 9.17) is 10.00 Å². The lowest BCUT2D eigenvalue weighted by Gasteiger charge is -2.05. The van der Waals surface area contributed by atoms with Crippen LogP contribution < -0.4 is 10.3 Å². The number of nitrogens with zero attached hydrogens (tertiary/aromatic N) is 1. The van der Waals surface area contributed by atoms with Crippen LogP contribution >= 0.6 is 0 Å². The van der Waals surface area contributed by atoms with Crippen molar-refractivity contribution < 1.29 is 4.74 Å². The number of pyridine rings is 1. The number of benzene rings is 1. The van der Waals surface area contributed by atoms with E-state index < -0.39 is 0 Å². The number of methoxy groups -OCH3 is 1. The Hall–Kier alpha value is -2.54. The van der Waals surface area contributed by atoms with Gasteiger partial charge in [0.2, 0.25) is 0 Å². The average Bonchev–Trinajstić information content (AvgIpc) is 2.41. The number of aromatic amines is 1. The summed E-state index contributed by atoms with van der Waals surface area (Å²) >= 11 is 0. The quantitative estimate of drug-likeness (QED) is 0.893. The molecule has 1 aromatic carbocycles. The number of ether oxygens (including phenoxy) is 1. The zero-order valence-electron chi connectivity index (χ0n) is 9.93. The Labute approximate surface area is 104 Å². The minimum absolute atomic E-state index is 0.119. The summed E-state index contributed by atoms with van der Waals surface area (Å²) in [5.74, 6) is 0.731. The van der Waals surface area contributed by atoms with Crippen molar-refractivity contribution in [2.75, 3.05) is 7.11 Å². The van der Waals surface area contributed by atoms with Crippen LogP contribution in [0.25, 0.3) is 11.3 Å². The molecule has 0 aliphatic heterocycles. The van der Waals surface area contributed by atoms with E-state index >= 15 is 0 Å². The second-order valence-corrected chi connectivity index (χ2v) is 3.79. The summed E-state index contributed by atoms with van der Waals surface area (Å²) in [6.07, 6.45) is 0.119. The van der Waals surface area contributed by atoms with Crippen LogP contribution in [0.5, 0.6) is 5.75 Å². The Morgan fingerprint density at radius 3 is 2.83 bits per heavy atom. The zero-order valence-corrected chi connectivity index (χ0v) is 9.93. The van der Waals surface area contributed by atoms with Gasteiger partial charge >= 0.3 is 0 Å². The number of aromatic nitrogens is 1. The van der Waals surface area contributed by atoms with Crippen LogP contribution in [-0.4, -0.2) is 12.1 Å². The number of hydrogen-bond acceptors (Lipinski definition) is 3. The van der Waals surface area contributed by atoms with E-state index in [0.717, 1.165) is 11.3 Å². The molecule has 0 aliphatic carbocycles. The van der Waals surface area contributed by atoms with Crippen LogP contribution in [0.15, 0.2) is 41.2 Å². The van der Waals surface area contributed by atoms with Gasteiger partial charge < -0.3 is 9.72 Å². The Kier molecular flexibility index (Phi) is 3.44. The number of rotatable bonds is 3. The molecule has 0 saturated carbocycles. The number of nitrogens with one attached hydrogen (secondary N) is 1. The minimum Gasteiger partial charge on any atom is -0.497 e. The minimum atomic E-state index is -0.225. The van der Waals surface area contributed by atoms with Gasteiger partial charge in [0, 0.05) is 16.8 Å². The van der Waals surface area contributed by atoms with E-state index in [0.29, 0.717) is 11.3 Å². The molecule has 1 heterocycles. The molecule has 4 nitrogen and oxygen atoms in total. The molecular formula is C14H12N2O2. The van der Waals surface area contributed by atoms with Crippen LogP contribution in [0.2, 0.25) is 0 Å². The van der Waals surface area contributed by atoms with Crippen LogP contribution in [0, 0.1) is 11.3 Å². The van der Waals surface area contributed by atoms with Crippen LogP contribution in [0.3, 0.4) is 0 Å². The fraction of sp³-hybridized carbons (Fsp3) is 0.143. The zero-order chi connectivity index (χ0) is 13.0. The van der Waals surface area contributed by atoms with Gasteiger partial charge in [-0.25, -0.2) is 0 Å². The molecule has 4 heteroatoms. The molecule has 0 spiro atoms. The highest BCUT2D eigenvalue weighted by atomic mass is 16.5. The van der Waals surface area contributed by atoms with Gasteiger partial charge in [-0.05, 0) is 18.2 Å². The van der Waals surface area contributed by atoms with Crippen molar-refractivity contribution in [3.8, 4) is 23.1 Å². The summed E-state index contributed by atoms with van der Waals surface area (Å²) in [5, 5.41) is 8.58. The second-order valence-electron chi connectivity index (χ2n) is 3.79. The summed E-state index contributed by atoms with van der Waals surface area (Å²) in [4.78, 5) is 14.5. The number of hydrogen-bond donors (Lipinski definition) is 1. The average molecular weight is 240 g/mol. The summed E-state index contributed by atoms with van der Waals surface area (Å²) < 4.78 is 5.13. The summed E-state index contributed by atoms with van der Waals surface area (Å²) in [6.45, 7) is 0. The third-order valence-corrected chi connectivity index (χ3v) is 2.64. The van der Waals surface area contributed by atoms with Crippen LogP contribution in [-0.2, 0) is 6.42 Å². The highest BCUT2D eigenvalue weighted by Crippen LogP contribution is 2.21. The SMILES string of the molecule is COc1cccc(-c2ccc(CC#N)c(=O)[nH]2)c1. The van der Waals surface area contributed by atoms with E-state index in [1.807, 2.05) is 30.3 Å². The first-order chi connectivity index (χ1) is 8.74. The summed E-state index contributed by atoms with van der Waals surface area (Å²) in [7, 11) is 1.60. The lowest BCUT2D eigenvalue weighted by molar-refractivity contribution is 0.415. The Balaban J connectivity index is 2.43. The molecule has 0 fully saturated rings. The van der Waals surface area contributed by atoms with Crippen molar-refractivity contribution in [1.82, 2.24) is 4.98 Å². The van der Waals surface area contributed by atoms with Crippen LogP contribution in [0.1, 0.15) is 5.56 Å². The first-order valence-electron chi connectivity index (χ1n) is 5.48. The predicted octanol–water partition coefficient (Wildman–Crippen LogP) is 2.12. The molecule has 0 radical (unpaired) electrons. The third kappa shape index (κ3) is 2.41. The maximum Gasteiger partial charge on any atom is 0.252 e. The molecular weight excluding hydrogens is 228 g/mol. The monoisotopic (exact) mass is 240 g/mol. The normalized spacial score (nSPS) is 9.78.